The molecule has 174 valence electrons. The third-order valence-electron chi connectivity index (χ3n) is 5.58. The van der Waals surface area contributed by atoms with Crippen molar-refractivity contribution < 1.29 is 9.59 Å². The van der Waals surface area contributed by atoms with Crippen LogP contribution in [0.3, 0.4) is 0 Å². The van der Waals surface area contributed by atoms with Crippen LogP contribution in [0.2, 0.25) is 0 Å². The number of nitrogens with zero attached hydrogens (tertiary/aromatic N) is 3. The Morgan fingerprint density at radius 3 is 2.46 bits per heavy atom. The van der Waals surface area contributed by atoms with E-state index in [9.17, 15) is 9.59 Å². The molecule has 0 saturated carbocycles. The fourth-order valence-electron chi connectivity index (χ4n) is 3.92. The van der Waals surface area contributed by atoms with Gasteiger partial charge in [-0.15, -0.1) is 11.3 Å². The van der Waals surface area contributed by atoms with Gasteiger partial charge in [0.1, 0.15) is 6.04 Å². The van der Waals surface area contributed by atoms with Crippen molar-refractivity contribution in [2.24, 2.45) is 0 Å². The molecular weight excluding hydrogens is 458 g/mol. The highest BCUT2D eigenvalue weighted by Gasteiger charge is 2.25. The van der Waals surface area contributed by atoms with Gasteiger partial charge in [0.2, 0.25) is 0 Å². The normalized spacial score (nSPS) is 11.8. The topological polar surface area (TPSA) is 88.9 Å². The van der Waals surface area contributed by atoms with E-state index in [0.717, 1.165) is 4.88 Å². The minimum Gasteiger partial charge on any atom is -0.336 e. The Morgan fingerprint density at radius 2 is 1.74 bits per heavy atom. The maximum atomic E-state index is 13.5. The molecule has 8 heteroatoms. The van der Waals surface area contributed by atoms with Crippen LogP contribution in [0.5, 0.6) is 0 Å². The molecule has 0 spiro atoms. The molecule has 0 saturated heterocycles. The van der Waals surface area contributed by atoms with Gasteiger partial charge in [0.15, 0.2) is 5.65 Å². The van der Waals surface area contributed by atoms with Crippen molar-refractivity contribution in [1.82, 2.24) is 20.1 Å². The van der Waals surface area contributed by atoms with E-state index in [-0.39, 0.29) is 11.8 Å². The lowest BCUT2D eigenvalue weighted by molar-refractivity contribution is -0.118. The lowest BCUT2D eigenvalue weighted by atomic mass is 10.0. The number of hydrogen-bond acceptors (Lipinski definition) is 5. The molecule has 0 fully saturated rings. The van der Waals surface area contributed by atoms with Crippen LogP contribution in [0, 0.1) is 6.92 Å². The summed E-state index contributed by atoms with van der Waals surface area (Å²) in [7, 11) is 0. The van der Waals surface area contributed by atoms with Crippen molar-refractivity contribution in [2.45, 2.75) is 19.5 Å². The molecule has 3 heterocycles. The van der Waals surface area contributed by atoms with Crippen LogP contribution >= 0.6 is 11.3 Å². The molecule has 0 aliphatic rings. The van der Waals surface area contributed by atoms with E-state index >= 15 is 0 Å². The molecule has 2 aromatic carbocycles. The molecule has 5 rings (SSSR count). The van der Waals surface area contributed by atoms with Crippen LogP contribution in [0.4, 0.5) is 5.69 Å². The minimum atomic E-state index is -0.881. The summed E-state index contributed by atoms with van der Waals surface area (Å²) >= 11 is 1.64. The number of carbonyl (C=O) groups is 2. The molecular formula is C27H23N5O2S. The second-order valence-corrected chi connectivity index (χ2v) is 9.13. The maximum absolute atomic E-state index is 13.5. The third-order valence-corrected chi connectivity index (χ3v) is 6.44. The number of pyridine rings is 1. The number of aromatic nitrogens is 3. The monoisotopic (exact) mass is 481 g/mol. The number of rotatable bonds is 7. The van der Waals surface area contributed by atoms with Gasteiger partial charge in [0.25, 0.3) is 11.8 Å². The number of thiophene rings is 1. The average Bonchev–Trinajstić information content (AvgIpc) is 3.53. The standard InChI is InChI=1S/C27H23N5O2S/c1-18-15-22(23-16-28-32(25(23)29-18)17-21-13-8-14-35-21)26(33)31-24(19-9-4-2-5-10-19)27(34)30-20-11-6-3-7-12-20/h2-16,24H,17H2,1H3,(H,30,34)(H,31,33). The van der Waals surface area contributed by atoms with Gasteiger partial charge in [-0.1, -0.05) is 54.6 Å². The van der Waals surface area contributed by atoms with E-state index in [2.05, 4.69) is 20.7 Å². The van der Waals surface area contributed by atoms with Crippen LogP contribution < -0.4 is 10.6 Å². The van der Waals surface area contributed by atoms with Crippen LogP contribution in [-0.4, -0.2) is 26.6 Å². The lowest BCUT2D eigenvalue weighted by Crippen LogP contribution is -2.37. The predicted octanol–water partition coefficient (Wildman–Crippen LogP) is 4.96. The van der Waals surface area contributed by atoms with E-state index in [1.807, 2.05) is 73.0 Å². The summed E-state index contributed by atoms with van der Waals surface area (Å²) in [6.45, 7) is 2.42. The number of benzene rings is 2. The predicted molar refractivity (Wildman–Crippen MR) is 137 cm³/mol. The third kappa shape index (κ3) is 4.97. The number of nitrogens with one attached hydrogen (secondary N) is 2. The lowest BCUT2D eigenvalue weighted by Gasteiger charge is -2.19. The highest BCUT2D eigenvalue weighted by molar-refractivity contribution is 7.09. The van der Waals surface area contributed by atoms with Crippen molar-refractivity contribution in [3.05, 3.63) is 112 Å². The molecule has 0 aliphatic heterocycles. The van der Waals surface area contributed by atoms with Crippen molar-refractivity contribution in [1.29, 1.82) is 0 Å². The quantitative estimate of drug-likeness (QED) is 0.344. The Kier molecular flexibility index (Phi) is 6.36. The van der Waals surface area contributed by atoms with Gasteiger partial charge in [-0.25, -0.2) is 9.67 Å². The summed E-state index contributed by atoms with van der Waals surface area (Å²) in [5.41, 5.74) is 3.10. The summed E-state index contributed by atoms with van der Waals surface area (Å²) < 4.78 is 1.79. The molecule has 0 bridgehead atoms. The van der Waals surface area contributed by atoms with Gasteiger partial charge in [-0.3, -0.25) is 9.59 Å². The summed E-state index contributed by atoms with van der Waals surface area (Å²) in [5, 5.41) is 13.0. The zero-order chi connectivity index (χ0) is 24.2. The molecule has 2 amide bonds. The fraction of sp³-hybridized carbons (Fsp3) is 0.111. The summed E-state index contributed by atoms with van der Waals surface area (Å²) in [4.78, 5) is 32.5. The highest BCUT2D eigenvalue weighted by atomic mass is 32.1. The van der Waals surface area contributed by atoms with Crippen LogP contribution in [-0.2, 0) is 11.3 Å². The van der Waals surface area contributed by atoms with Crippen molar-refractivity contribution in [3.8, 4) is 0 Å². The Bertz CT molecular complexity index is 1460. The summed E-state index contributed by atoms with van der Waals surface area (Å²) in [6, 6.07) is 23.2. The fourth-order valence-corrected chi connectivity index (χ4v) is 4.60. The molecule has 7 nitrogen and oxygen atoms in total. The average molecular weight is 482 g/mol. The van der Waals surface area contributed by atoms with E-state index in [1.54, 1.807) is 40.4 Å². The second-order valence-electron chi connectivity index (χ2n) is 8.10. The Labute approximate surface area is 206 Å². The Balaban J connectivity index is 1.46. The van der Waals surface area contributed by atoms with Gasteiger partial charge in [0.05, 0.1) is 23.7 Å². The number of amides is 2. The second kappa shape index (κ2) is 9.90. The van der Waals surface area contributed by atoms with Gasteiger partial charge in [0, 0.05) is 16.3 Å². The smallest absolute Gasteiger partial charge is 0.253 e. The van der Waals surface area contributed by atoms with Crippen molar-refractivity contribution >= 4 is 39.9 Å². The van der Waals surface area contributed by atoms with E-state index in [0.29, 0.717) is 40.1 Å². The van der Waals surface area contributed by atoms with Gasteiger partial charge in [-0.05, 0) is 42.1 Å². The minimum absolute atomic E-state index is 0.328. The number of anilines is 1. The van der Waals surface area contributed by atoms with Gasteiger partial charge in [-0.2, -0.15) is 5.10 Å². The van der Waals surface area contributed by atoms with E-state index in [1.165, 1.54) is 0 Å². The van der Waals surface area contributed by atoms with Gasteiger partial charge >= 0.3 is 0 Å². The number of aryl methyl sites for hydroxylation is 1. The first kappa shape index (κ1) is 22.5. The molecule has 1 atom stereocenters. The summed E-state index contributed by atoms with van der Waals surface area (Å²) in [6.07, 6.45) is 1.66. The van der Waals surface area contributed by atoms with Crippen molar-refractivity contribution in [3.63, 3.8) is 0 Å². The van der Waals surface area contributed by atoms with Crippen LogP contribution in [0.1, 0.15) is 32.5 Å². The van der Waals surface area contributed by atoms with E-state index < -0.39 is 6.04 Å². The van der Waals surface area contributed by atoms with Crippen LogP contribution in [0.15, 0.2) is 90.4 Å². The molecule has 5 aromatic rings. The first-order valence-corrected chi connectivity index (χ1v) is 12.0. The number of carbonyl (C=O) groups excluding carboxylic acids is 2. The molecule has 3 aromatic heterocycles. The molecule has 1 unspecified atom stereocenters. The molecule has 35 heavy (non-hydrogen) atoms. The first-order chi connectivity index (χ1) is 17.1. The van der Waals surface area contributed by atoms with E-state index in [4.69, 9.17) is 0 Å². The highest BCUT2D eigenvalue weighted by Crippen LogP contribution is 2.22. The maximum Gasteiger partial charge on any atom is 0.253 e. The zero-order valence-electron chi connectivity index (χ0n) is 19.0. The van der Waals surface area contributed by atoms with Crippen LogP contribution in [0.25, 0.3) is 11.0 Å². The number of hydrogen-bond donors (Lipinski definition) is 2. The Morgan fingerprint density at radius 1 is 1.00 bits per heavy atom. The zero-order valence-corrected chi connectivity index (χ0v) is 19.8. The molecule has 0 aliphatic carbocycles. The first-order valence-electron chi connectivity index (χ1n) is 11.2. The number of fused-ring (bicyclic) bond motifs is 1. The molecule has 0 radical (unpaired) electrons. The largest absolute Gasteiger partial charge is 0.336 e. The van der Waals surface area contributed by atoms with Crippen molar-refractivity contribution in [2.75, 3.05) is 5.32 Å². The van der Waals surface area contributed by atoms with Gasteiger partial charge < -0.3 is 10.6 Å². The summed E-state index contributed by atoms with van der Waals surface area (Å²) in [5.74, 6) is -0.695. The SMILES string of the molecule is Cc1cc(C(=O)NC(C(=O)Nc2ccccc2)c2ccccc2)c2cnn(Cc3cccs3)c2n1. The Hall–Kier alpha value is -4.30. The number of para-hydroxylation sites is 1. The molecule has 2 N–H and O–H groups in total.